The first-order valence-corrected chi connectivity index (χ1v) is 9.96. The Bertz CT molecular complexity index is 857. The third kappa shape index (κ3) is 4.92. The number of Topliss-reactive ketones (excluding diaryl/α,β-unsaturated/α-hetero) is 1. The first-order valence-electron chi connectivity index (χ1n) is 9.96. The molecule has 1 atom stereocenters. The second kappa shape index (κ2) is 9.33. The SMILES string of the molecule is Cc1ncc(N2CCN(CCCC(=O)c3ccc(F)cc3)C(C)C2)c(CO)c1O. The number of carbonyl (C=O) groups is 1. The van der Waals surface area contributed by atoms with Crippen LogP contribution in [-0.4, -0.2) is 58.1 Å². The summed E-state index contributed by atoms with van der Waals surface area (Å²) in [6.07, 6.45) is 2.89. The van der Waals surface area contributed by atoms with E-state index in [-0.39, 0.29) is 30.0 Å². The van der Waals surface area contributed by atoms with Crippen molar-refractivity contribution in [1.82, 2.24) is 9.88 Å². The molecule has 0 saturated carbocycles. The van der Waals surface area contributed by atoms with E-state index in [0.29, 0.717) is 23.2 Å². The Labute approximate surface area is 170 Å². The molecule has 1 unspecified atom stereocenters. The average Bonchev–Trinajstić information content (AvgIpc) is 2.71. The van der Waals surface area contributed by atoms with Crippen molar-refractivity contribution < 1.29 is 19.4 Å². The molecular weight excluding hydrogens is 373 g/mol. The van der Waals surface area contributed by atoms with Crippen molar-refractivity contribution in [3.63, 3.8) is 0 Å². The fourth-order valence-corrected chi connectivity index (χ4v) is 3.83. The van der Waals surface area contributed by atoms with E-state index >= 15 is 0 Å². The van der Waals surface area contributed by atoms with Gasteiger partial charge in [-0.15, -0.1) is 0 Å². The standard InChI is InChI=1S/C22H28FN3O3/c1-15-13-26(20-12-24-16(2)22(29)19(20)14-27)11-10-25(15)9-3-4-21(28)17-5-7-18(23)8-6-17/h5-8,12,15,27,29H,3-4,9-11,13-14H2,1-2H3. The molecule has 0 bridgehead atoms. The number of aromatic nitrogens is 1. The van der Waals surface area contributed by atoms with Crippen molar-refractivity contribution in [2.45, 2.75) is 39.3 Å². The van der Waals surface area contributed by atoms with Gasteiger partial charge in [0, 0.05) is 43.2 Å². The summed E-state index contributed by atoms with van der Waals surface area (Å²) < 4.78 is 13.0. The van der Waals surface area contributed by atoms with Gasteiger partial charge in [0.2, 0.25) is 0 Å². The number of pyridine rings is 1. The molecule has 1 fully saturated rings. The lowest BCUT2D eigenvalue weighted by Gasteiger charge is -2.41. The summed E-state index contributed by atoms with van der Waals surface area (Å²) in [5, 5.41) is 19.9. The van der Waals surface area contributed by atoms with E-state index in [4.69, 9.17) is 0 Å². The molecule has 29 heavy (non-hydrogen) atoms. The summed E-state index contributed by atoms with van der Waals surface area (Å²) in [6.45, 7) is 6.76. The summed E-state index contributed by atoms with van der Waals surface area (Å²) in [5.41, 5.74) is 2.35. The molecule has 3 rings (SSSR count). The lowest BCUT2D eigenvalue weighted by atomic mass is 10.1. The molecule has 2 heterocycles. The number of halogens is 1. The maximum Gasteiger partial charge on any atom is 0.162 e. The van der Waals surface area contributed by atoms with Gasteiger partial charge in [-0.05, 0) is 51.1 Å². The summed E-state index contributed by atoms with van der Waals surface area (Å²) in [5.74, 6) is -0.251. The number of nitrogens with zero attached hydrogens (tertiary/aromatic N) is 3. The topological polar surface area (TPSA) is 76.9 Å². The van der Waals surface area contributed by atoms with Crippen molar-refractivity contribution in [3.05, 3.63) is 53.1 Å². The zero-order valence-corrected chi connectivity index (χ0v) is 16.9. The number of ketones is 1. The van der Waals surface area contributed by atoms with Gasteiger partial charge in [0.1, 0.15) is 11.6 Å². The molecule has 0 aliphatic carbocycles. The minimum atomic E-state index is -0.338. The van der Waals surface area contributed by atoms with Gasteiger partial charge in [-0.1, -0.05) is 0 Å². The van der Waals surface area contributed by atoms with Gasteiger partial charge in [-0.25, -0.2) is 4.39 Å². The third-order valence-electron chi connectivity index (χ3n) is 5.60. The largest absolute Gasteiger partial charge is 0.506 e. The number of carbonyl (C=O) groups excluding carboxylic acids is 1. The number of piperazine rings is 1. The van der Waals surface area contributed by atoms with E-state index in [9.17, 15) is 19.4 Å². The van der Waals surface area contributed by atoms with E-state index in [1.807, 2.05) is 0 Å². The number of rotatable bonds is 7. The van der Waals surface area contributed by atoms with E-state index in [2.05, 4.69) is 21.7 Å². The highest BCUT2D eigenvalue weighted by Gasteiger charge is 2.26. The number of aliphatic hydroxyl groups excluding tert-OH is 1. The highest BCUT2D eigenvalue weighted by molar-refractivity contribution is 5.95. The Balaban J connectivity index is 1.53. The van der Waals surface area contributed by atoms with Crippen LogP contribution in [0.15, 0.2) is 30.5 Å². The minimum Gasteiger partial charge on any atom is -0.506 e. The highest BCUT2D eigenvalue weighted by atomic mass is 19.1. The quantitative estimate of drug-likeness (QED) is 0.695. The number of aryl methyl sites for hydroxylation is 1. The number of hydrogen-bond acceptors (Lipinski definition) is 6. The van der Waals surface area contributed by atoms with Gasteiger partial charge < -0.3 is 15.1 Å². The molecule has 0 amide bonds. The second-order valence-corrected chi connectivity index (χ2v) is 7.58. The number of benzene rings is 1. The zero-order valence-electron chi connectivity index (χ0n) is 16.9. The summed E-state index contributed by atoms with van der Waals surface area (Å²) in [6, 6.07) is 5.95. The molecule has 1 saturated heterocycles. The molecule has 156 valence electrons. The number of aromatic hydroxyl groups is 1. The predicted molar refractivity (Wildman–Crippen MR) is 110 cm³/mol. The molecule has 1 aromatic carbocycles. The lowest BCUT2D eigenvalue weighted by molar-refractivity contribution is 0.0969. The van der Waals surface area contributed by atoms with Crippen LogP contribution in [0.25, 0.3) is 0 Å². The predicted octanol–water partition coefficient (Wildman–Crippen LogP) is 2.90. The lowest BCUT2D eigenvalue weighted by Crippen LogP contribution is -2.52. The van der Waals surface area contributed by atoms with Gasteiger partial charge in [-0.2, -0.15) is 0 Å². The summed E-state index contributed by atoms with van der Waals surface area (Å²) in [7, 11) is 0. The van der Waals surface area contributed by atoms with Crippen molar-refractivity contribution in [2.75, 3.05) is 31.1 Å². The number of aliphatic hydroxyl groups is 1. The van der Waals surface area contributed by atoms with Crippen LogP contribution in [0, 0.1) is 12.7 Å². The van der Waals surface area contributed by atoms with Crippen LogP contribution >= 0.6 is 0 Å². The van der Waals surface area contributed by atoms with E-state index in [0.717, 1.165) is 38.3 Å². The van der Waals surface area contributed by atoms with E-state index in [1.54, 1.807) is 13.1 Å². The van der Waals surface area contributed by atoms with Gasteiger partial charge in [0.05, 0.1) is 24.2 Å². The van der Waals surface area contributed by atoms with Crippen molar-refractivity contribution in [2.24, 2.45) is 0 Å². The first-order chi connectivity index (χ1) is 13.9. The third-order valence-corrected chi connectivity index (χ3v) is 5.60. The van der Waals surface area contributed by atoms with Crippen LogP contribution in [-0.2, 0) is 6.61 Å². The Hall–Kier alpha value is -2.51. The summed E-state index contributed by atoms with van der Waals surface area (Å²) >= 11 is 0. The van der Waals surface area contributed by atoms with Crippen LogP contribution in [0.5, 0.6) is 5.75 Å². The van der Waals surface area contributed by atoms with Crippen molar-refractivity contribution >= 4 is 11.5 Å². The van der Waals surface area contributed by atoms with Crippen molar-refractivity contribution in [1.29, 1.82) is 0 Å². The van der Waals surface area contributed by atoms with E-state index < -0.39 is 0 Å². The first kappa shape index (κ1) is 21.2. The summed E-state index contributed by atoms with van der Waals surface area (Å²) in [4.78, 5) is 21.0. The Kier molecular flexibility index (Phi) is 6.82. The van der Waals surface area contributed by atoms with Crippen LogP contribution in [0.2, 0.25) is 0 Å². The fraction of sp³-hybridized carbons (Fsp3) is 0.455. The molecule has 7 heteroatoms. The van der Waals surface area contributed by atoms with Gasteiger partial charge in [0.25, 0.3) is 0 Å². The van der Waals surface area contributed by atoms with Crippen LogP contribution in [0.3, 0.4) is 0 Å². The molecule has 1 aromatic heterocycles. The highest BCUT2D eigenvalue weighted by Crippen LogP contribution is 2.31. The zero-order chi connectivity index (χ0) is 21.0. The molecule has 2 aromatic rings. The molecule has 0 radical (unpaired) electrons. The monoisotopic (exact) mass is 401 g/mol. The van der Waals surface area contributed by atoms with Gasteiger partial charge in [0.15, 0.2) is 5.78 Å². The smallest absolute Gasteiger partial charge is 0.162 e. The molecular formula is C22H28FN3O3. The second-order valence-electron chi connectivity index (χ2n) is 7.58. The average molecular weight is 401 g/mol. The number of anilines is 1. The van der Waals surface area contributed by atoms with Crippen LogP contribution < -0.4 is 4.90 Å². The van der Waals surface area contributed by atoms with E-state index in [1.165, 1.54) is 24.3 Å². The minimum absolute atomic E-state index is 0.0325. The van der Waals surface area contributed by atoms with Crippen LogP contribution in [0.1, 0.15) is 41.4 Å². The molecule has 1 aliphatic rings. The van der Waals surface area contributed by atoms with Gasteiger partial charge >= 0.3 is 0 Å². The Morgan fingerprint density at radius 2 is 2.00 bits per heavy atom. The Morgan fingerprint density at radius 1 is 1.28 bits per heavy atom. The Morgan fingerprint density at radius 3 is 2.66 bits per heavy atom. The molecule has 1 aliphatic heterocycles. The molecule has 6 nitrogen and oxygen atoms in total. The van der Waals surface area contributed by atoms with Crippen LogP contribution in [0.4, 0.5) is 10.1 Å². The normalized spacial score (nSPS) is 17.5. The van der Waals surface area contributed by atoms with Crippen molar-refractivity contribution in [3.8, 4) is 5.75 Å². The number of hydrogen-bond donors (Lipinski definition) is 2. The molecule has 0 spiro atoms. The maximum atomic E-state index is 13.0. The maximum absolute atomic E-state index is 13.0. The molecule has 2 N–H and O–H groups in total. The fourth-order valence-electron chi connectivity index (χ4n) is 3.83. The van der Waals surface area contributed by atoms with Gasteiger partial charge in [-0.3, -0.25) is 14.7 Å².